The molecule has 0 saturated carbocycles. The SMILES string of the molecule is COC(=O)C1(C(OC)OC)CO1. The highest BCUT2D eigenvalue weighted by Crippen LogP contribution is 2.34. The van der Waals surface area contributed by atoms with Crippen molar-refractivity contribution < 1.29 is 23.7 Å². The van der Waals surface area contributed by atoms with Gasteiger partial charge in [0.2, 0.25) is 5.60 Å². The summed E-state index contributed by atoms with van der Waals surface area (Å²) >= 11 is 0. The molecule has 0 aromatic heterocycles. The molecule has 0 aliphatic carbocycles. The highest BCUT2D eigenvalue weighted by molar-refractivity contribution is 5.82. The van der Waals surface area contributed by atoms with Crippen LogP contribution in [0.5, 0.6) is 0 Å². The topological polar surface area (TPSA) is 57.3 Å². The van der Waals surface area contributed by atoms with E-state index < -0.39 is 17.9 Å². The van der Waals surface area contributed by atoms with Crippen molar-refractivity contribution in [3.63, 3.8) is 0 Å². The number of esters is 1. The molecule has 1 fully saturated rings. The molecule has 1 aliphatic heterocycles. The number of carbonyl (C=O) groups excluding carboxylic acids is 1. The molecule has 12 heavy (non-hydrogen) atoms. The van der Waals surface area contributed by atoms with Crippen LogP contribution in [0.15, 0.2) is 0 Å². The molecule has 0 aromatic carbocycles. The molecular formula is C7H12O5. The molecule has 1 saturated heterocycles. The summed E-state index contributed by atoms with van der Waals surface area (Å²) < 4.78 is 19.3. The maximum atomic E-state index is 11.1. The summed E-state index contributed by atoms with van der Waals surface area (Å²) in [5.74, 6) is -0.462. The van der Waals surface area contributed by atoms with Gasteiger partial charge in [-0.05, 0) is 0 Å². The van der Waals surface area contributed by atoms with Gasteiger partial charge < -0.3 is 18.9 Å². The van der Waals surface area contributed by atoms with Crippen LogP contribution in [0.2, 0.25) is 0 Å². The van der Waals surface area contributed by atoms with E-state index in [0.717, 1.165) is 0 Å². The monoisotopic (exact) mass is 176 g/mol. The number of methoxy groups -OCH3 is 3. The first-order valence-electron chi connectivity index (χ1n) is 3.49. The second-order valence-electron chi connectivity index (χ2n) is 2.47. The standard InChI is InChI=1S/C7H12O5/c1-9-5(8)7(4-12-7)6(10-2)11-3/h6H,4H2,1-3H3. The van der Waals surface area contributed by atoms with Crippen molar-refractivity contribution in [3.05, 3.63) is 0 Å². The Morgan fingerprint density at radius 1 is 1.42 bits per heavy atom. The Bertz CT molecular complexity index is 171. The molecule has 1 heterocycles. The molecule has 5 heteroatoms. The van der Waals surface area contributed by atoms with Crippen molar-refractivity contribution in [2.45, 2.75) is 11.9 Å². The van der Waals surface area contributed by atoms with Crippen molar-refractivity contribution in [2.75, 3.05) is 27.9 Å². The lowest BCUT2D eigenvalue weighted by Crippen LogP contribution is -2.41. The number of epoxide rings is 1. The molecule has 0 amide bonds. The van der Waals surface area contributed by atoms with Gasteiger partial charge in [-0.25, -0.2) is 4.79 Å². The summed E-state index contributed by atoms with van der Waals surface area (Å²) in [6, 6.07) is 0. The molecule has 0 aromatic rings. The Balaban J connectivity index is 2.64. The zero-order chi connectivity index (χ0) is 9.19. The van der Waals surface area contributed by atoms with E-state index in [0.29, 0.717) is 0 Å². The van der Waals surface area contributed by atoms with Crippen LogP contribution in [0.4, 0.5) is 0 Å². The van der Waals surface area contributed by atoms with Crippen LogP contribution < -0.4 is 0 Å². The fourth-order valence-corrected chi connectivity index (χ4v) is 1.08. The third-order valence-electron chi connectivity index (χ3n) is 1.80. The predicted molar refractivity (Wildman–Crippen MR) is 38.5 cm³/mol. The first kappa shape index (κ1) is 9.44. The average molecular weight is 176 g/mol. The van der Waals surface area contributed by atoms with Crippen LogP contribution in [0, 0.1) is 0 Å². The smallest absolute Gasteiger partial charge is 0.346 e. The van der Waals surface area contributed by atoms with Gasteiger partial charge in [-0.2, -0.15) is 0 Å². The summed E-state index contributed by atoms with van der Waals surface area (Å²) in [4.78, 5) is 11.1. The van der Waals surface area contributed by atoms with Crippen molar-refractivity contribution in [1.82, 2.24) is 0 Å². The minimum atomic E-state index is -1.03. The minimum absolute atomic E-state index is 0.284. The number of carbonyl (C=O) groups is 1. The first-order chi connectivity index (χ1) is 5.71. The fourth-order valence-electron chi connectivity index (χ4n) is 1.08. The van der Waals surface area contributed by atoms with Gasteiger partial charge in [0.25, 0.3) is 0 Å². The lowest BCUT2D eigenvalue weighted by Gasteiger charge is -2.18. The summed E-state index contributed by atoms with van der Waals surface area (Å²) in [6.45, 7) is 0.284. The molecule has 0 radical (unpaired) electrons. The van der Waals surface area contributed by atoms with E-state index in [4.69, 9.17) is 14.2 Å². The van der Waals surface area contributed by atoms with Crippen LogP contribution in [0.25, 0.3) is 0 Å². The highest BCUT2D eigenvalue weighted by atomic mass is 16.7. The zero-order valence-corrected chi connectivity index (χ0v) is 7.33. The number of rotatable bonds is 4. The normalized spacial score (nSPS) is 27.3. The average Bonchev–Trinajstić information content (AvgIpc) is 2.87. The van der Waals surface area contributed by atoms with Crippen LogP contribution >= 0.6 is 0 Å². The molecule has 1 unspecified atom stereocenters. The minimum Gasteiger partial charge on any atom is -0.467 e. The molecule has 5 nitrogen and oxygen atoms in total. The van der Waals surface area contributed by atoms with E-state index in [1.807, 2.05) is 0 Å². The van der Waals surface area contributed by atoms with Crippen LogP contribution in [0.3, 0.4) is 0 Å². The lowest BCUT2D eigenvalue weighted by molar-refractivity contribution is -0.179. The Labute approximate surface area is 70.5 Å². The van der Waals surface area contributed by atoms with E-state index in [1.54, 1.807) is 0 Å². The van der Waals surface area contributed by atoms with Crippen LogP contribution in [0.1, 0.15) is 0 Å². The van der Waals surface area contributed by atoms with Gasteiger partial charge in [0.1, 0.15) is 0 Å². The maximum absolute atomic E-state index is 11.1. The Morgan fingerprint density at radius 3 is 2.17 bits per heavy atom. The highest BCUT2D eigenvalue weighted by Gasteiger charge is 2.61. The van der Waals surface area contributed by atoms with Crippen molar-refractivity contribution >= 4 is 5.97 Å². The number of ether oxygens (including phenoxy) is 4. The third kappa shape index (κ3) is 1.31. The fraction of sp³-hybridized carbons (Fsp3) is 0.857. The molecule has 0 bridgehead atoms. The molecule has 0 N–H and O–H groups in total. The van der Waals surface area contributed by atoms with Gasteiger partial charge >= 0.3 is 5.97 Å². The molecule has 70 valence electrons. The summed E-state index contributed by atoms with van der Waals surface area (Å²) in [5, 5.41) is 0. The molecule has 1 rings (SSSR count). The molecule has 1 aliphatic rings. The van der Waals surface area contributed by atoms with E-state index >= 15 is 0 Å². The second-order valence-corrected chi connectivity index (χ2v) is 2.47. The van der Waals surface area contributed by atoms with Gasteiger partial charge in [0.05, 0.1) is 13.7 Å². The summed E-state index contributed by atoms with van der Waals surface area (Å²) in [5.41, 5.74) is -1.03. The Hall–Kier alpha value is -0.650. The van der Waals surface area contributed by atoms with E-state index in [1.165, 1.54) is 21.3 Å². The zero-order valence-electron chi connectivity index (χ0n) is 7.33. The van der Waals surface area contributed by atoms with Crippen molar-refractivity contribution in [3.8, 4) is 0 Å². The number of hydrogen-bond acceptors (Lipinski definition) is 5. The van der Waals surface area contributed by atoms with E-state index in [2.05, 4.69) is 4.74 Å². The van der Waals surface area contributed by atoms with Gasteiger partial charge in [0, 0.05) is 14.2 Å². The van der Waals surface area contributed by atoms with Crippen LogP contribution in [-0.2, 0) is 23.7 Å². The quantitative estimate of drug-likeness (QED) is 0.330. The molecular weight excluding hydrogens is 164 g/mol. The predicted octanol–water partition coefficient (Wildman–Crippen LogP) is -0.453. The largest absolute Gasteiger partial charge is 0.467 e. The first-order valence-corrected chi connectivity index (χ1v) is 3.49. The molecule has 1 atom stereocenters. The number of hydrogen-bond donors (Lipinski definition) is 0. The van der Waals surface area contributed by atoms with E-state index in [9.17, 15) is 4.79 Å². The van der Waals surface area contributed by atoms with Crippen LogP contribution in [-0.4, -0.2) is 45.8 Å². The third-order valence-corrected chi connectivity index (χ3v) is 1.80. The Morgan fingerprint density at radius 2 is 1.92 bits per heavy atom. The summed E-state index contributed by atoms with van der Waals surface area (Å²) in [6.07, 6.45) is -0.690. The van der Waals surface area contributed by atoms with Crippen molar-refractivity contribution in [2.24, 2.45) is 0 Å². The lowest BCUT2D eigenvalue weighted by atomic mass is 10.1. The van der Waals surface area contributed by atoms with Gasteiger partial charge in [-0.3, -0.25) is 0 Å². The second kappa shape index (κ2) is 3.38. The van der Waals surface area contributed by atoms with Gasteiger partial charge in [-0.1, -0.05) is 0 Å². The van der Waals surface area contributed by atoms with Gasteiger partial charge in [-0.15, -0.1) is 0 Å². The van der Waals surface area contributed by atoms with Gasteiger partial charge in [0.15, 0.2) is 6.29 Å². The van der Waals surface area contributed by atoms with E-state index in [-0.39, 0.29) is 6.61 Å². The van der Waals surface area contributed by atoms with Crippen molar-refractivity contribution in [1.29, 1.82) is 0 Å². The Kier molecular flexibility index (Phi) is 2.66. The molecule has 0 spiro atoms. The maximum Gasteiger partial charge on any atom is 0.346 e. The summed E-state index contributed by atoms with van der Waals surface area (Å²) in [7, 11) is 4.19.